The minimum Gasteiger partial charge on any atom is -0.326 e. The highest BCUT2D eigenvalue weighted by Gasteiger charge is 2.29. The second-order valence-corrected chi connectivity index (χ2v) is 6.58. The molecule has 2 aromatic rings. The fraction of sp³-hybridized carbons (Fsp3) is 0.222. The summed E-state index contributed by atoms with van der Waals surface area (Å²) in [5.41, 5.74) is 1.87. The predicted octanol–water partition coefficient (Wildman–Crippen LogP) is 4.16. The Bertz CT molecular complexity index is 909. The quantitative estimate of drug-likeness (QED) is 0.606. The van der Waals surface area contributed by atoms with Crippen LogP contribution in [0.25, 0.3) is 0 Å². The Balaban J connectivity index is 1.78. The Hall–Kier alpha value is -2.93. The summed E-state index contributed by atoms with van der Waals surface area (Å²) in [4.78, 5) is 34.5. The lowest BCUT2D eigenvalue weighted by Gasteiger charge is -2.12. The number of carbonyl (C=O) groups is 2. The molecule has 26 heavy (non-hydrogen) atoms. The monoisotopic (exact) mass is 373 g/mol. The van der Waals surface area contributed by atoms with Gasteiger partial charge in [0.15, 0.2) is 0 Å². The number of nitro benzene ring substituents is 1. The van der Waals surface area contributed by atoms with Crippen LogP contribution >= 0.6 is 11.6 Å². The number of amides is 2. The number of hydrogen-bond acceptors (Lipinski definition) is 4. The Labute approximate surface area is 154 Å². The molecular formula is C18H16ClN3O4. The van der Waals surface area contributed by atoms with Gasteiger partial charge in [0, 0.05) is 29.4 Å². The summed E-state index contributed by atoms with van der Waals surface area (Å²) in [6.07, 6.45) is 1.81. The summed E-state index contributed by atoms with van der Waals surface area (Å²) in [6, 6.07) is 8.89. The third-order valence-electron chi connectivity index (χ3n) is 4.11. The first-order chi connectivity index (χ1) is 12.3. The van der Waals surface area contributed by atoms with Crippen LogP contribution in [0.3, 0.4) is 0 Å². The molecular weight excluding hydrogens is 358 g/mol. The average Bonchev–Trinajstić information content (AvgIpc) is 3.42. The molecule has 134 valence electrons. The van der Waals surface area contributed by atoms with Gasteiger partial charge >= 0.3 is 0 Å². The fourth-order valence-electron chi connectivity index (χ4n) is 2.42. The number of nitrogens with zero attached hydrogens (tertiary/aromatic N) is 1. The largest absolute Gasteiger partial charge is 0.326 e. The van der Waals surface area contributed by atoms with Crippen LogP contribution < -0.4 is 10.6 Å². The van der Waals surface area contributed by atoms with Crippen molar-refractivity contribution in [3.63, 3.8) is 0 Å². The van der Waals surface area contributed by atoms with Crippen LogP contribution in [0.5, 0.6) is 0 Å². The van der Waals surface area contributed by atoms with E-state index in [9.17, 15) is 19.7 Å². The summed E-state index contributed by atoms with van der Waals surface area (Å²) in [5.74, 6) is -0.434. The summed E-state index contributed by atoms with van der Waals surface area (Å²) < 4.78 is 0. The number of anilines is 2. The predicted molar refractivity (Wildman–Crippen MR) is 98.6 cm³/mol. The van der Waals surface area contributed by atoms with E-state index in [2.05, 4.69) is 10.6 Å². The van der Waals surface area contributed by atoms with E-state index in [0.29, 0.717) is 11.4 Å². The smallest absolute Gasteiger partial charge is 0.270 e. The molecule has 7 nitrogen and oxygen atoms in total. The van der Waals surface area contributed by atoms with Gasteiger partial charge in [0.05, 0.1) is 15.5 Å². The second-order valence-electron chi connectivity index (χ2n) is 6.17. The van der Waals surface area contributed by atoms with E-state index in [0.717, 1.165) is 24.5 Å². The van der Waals surface area contributed by atoms with Gasteiger partial charge in [-0.3, -0.25) is 19.7 Å². The molecule has 1 saturated carbocycles. The Morgan fingerprint density at radius 2 is 1.88 bits per heavy atom. The van der Waals surface area contributed by atoms with Gasteiger partial charge in [-0.15, -0.1) is 0 Å². The standard InChI is InChI=1S/C18H16ClN3O4/c1-10-2-5-12(20-17(23)11-3-4-11)8-16(10)21-18(24)14-7-6-13(22(25)26)9-15(14)19/h2,5-9,11H,3-4H2,1H3,(H,20,23)(H,21,24). The van der Waals surface area contributed by atoms with Crippen molar-refractivity contribution < 1.29 is 14.5 Å². The molecule has 2 amide bonds. The number of nitrogens with one attached hydrogen (secondary N) is 2. The van der Waals surface area contributed by atoms with Gasteiger partial charge in [0.25, 0.3) is 11.6 Å². The number of carbonyl (C=O) groups excluding carboxylic acids is 2. The minimum atomic E-state index is -0.580. The van der Waals surface area contributed by atoms with Crippen LogP contribution in [0.15, 0.2) is 36.4 Å². The van der Waals surface area contributed by atoms with E-state index < -0.39 is 10.8 Å². The Kier molecular flexibility index (Phi) is 4.90. The van der Waals surface area contributed by atoms with Crippen LogP contribution in [0.4, 0.5) is 17.1 Å². The molecule has 2 aromatic carbocycles. The van der Waals surface area contributed by atoms with Crippen LogP contribution in [0.1, 0.15) is 28.8 Å². The summed E-state index contributed by atoms with van der Waals surface area (Å²) in [7, 11) is 0. The normalized spacial score (nSPS) is 13.2. The van der Waals surface area contributed by atoms with Crippen molar-refractivity contribution in [3.05, 3.63) is 62.7 Å². The maximum Gasteiger partial charge on any atom is 0.270 e. The van der Waals surface area contributed by atoms with E-state index >= 15 is 0 Å². The number of nitro groups is 1. The average molecular weight is 374 g/mol. The molecule has 0 unspecified atom stereocenters. The third kappa shape index (κ3) is 4.00. The number of rotatable bonds is 5. The highest BCUT2D eigenvalue weighted by molar-refractivity contribution is 6.34. The molecule has 0 saturated heterocycles. The van der Waals surface area contributed by atoms with Crippen molar-refractivity contribution >= 4 is 40.5 Å². The van der Waals surface area contributed by atoms with E-state index in [-0.39, 0.29) is 28.1 Å². The maximum absolute atomic E-state index is 12.5. The molecule has 3 rings (SSSR count). The van der Waals surface area contributed by atoms with E-state index in [4.69, 9.17) is 11.6 Å². The van der Waals surface area contributed by atoms with Crippen LogP contribution in [-0.4, -0.2) is 16.7 Å². The molecule has 0 heterocycles. The van der Waals surface area contributed by atoms with Crippen molar-refractivity contribution in [2.24, 2.45) is 5.92 Å². The molecule has 0 spiro atoms. The zero-order valence-corrected chi connectivity index (χ0v) is 14.7. The molecule has 0 aliphatic heterocycles. The zero-order chi connectivity index (χ0) is 18.8. The molecule has 8 heteroatoms. The molecule has 2 N–H and O–H groups in total. The molecule has 0 bridgehead atoms. The first kappa shape index (κ1) is 17.9. The van der Waals surface area contributed by atoms with E-state index in [1.165, 1.54) is 12.1 Å². The summed E-state index contributed by atoms with van der Waals surface area (Å²) in [5, 5.41) is 16.3. The SMILES string of the molecule is Cc1ccc(NC(=O)C2CC2)cc1NC(=O)c1ccc([N+](=O)[O-])cc1Cl. The Morgan fingerprint density at radius 1 is 1.15 bits per heavy atom. The molecule has 1 fully saturated rings. The van der Waals surface area contributed by atoms with Crippen LogP contribution in [0, 0.1) is 23.0 Å². The van der Waals surface area contributed by atoms with E-state index in [1.54, 1.807) is 18.2 Å². The van der Waals surface area contributed by atoms with Gasteiger partial charge in [0.1, 0.15) is 0 Å². The van der Waals surface area contributed by atoms with Crippen LogP contribution in [0.2, 0.25) is 5.02 Å². The molecule has 1 aliphatic rings. The third-order valence-corrected chi connectivity index (χ3v) is 4.42. The van der Waals surface area contributed by atoms with Crippen molar-refractivity contribution in [3.8, 4) is 0 Å². The highest BCUT2D eigenvalue weighted by atomic mass is 35.5. The molecule has 0 radical (unpaired) electrons. The van der Waals surface area contributed by atoms with Gasteiger partial charge in [0.2, 0.25) is 5.91 Å². The molecule has 0 aromatic heterocycles. The molecule has 0 atom stereocenters. The topological polar surface area (TPSA) is 101 Å². The number of aryl methyl sites for hydroxylation is 1. The van der Waals surface area contributed by atoms with Gasteiger partial charge in [-0.1, -0.05) is 17.7 Å². The van der Waals surface area contributed by atoms with Crippen molar-refractivity contribution in [2.45, 2.75) is 19.8 Å². The number of halogens is 1. The van der Waals surface area contributed by atoms with E-state index in [1.807, 2.05) is 6.92 Å². The van der Waals surface area contributed by atoms with Crippen molar-refractivity contribution in [1.82, 2.24) is 0 Å². The first-order valence-electron chi connectivity index (χ1n) is 8.02. The van der Waals surface area contributed by atoms with Gasteiger partial charge in [-0.25, -0.2) is 0 Å². The highest BCUT2D eigenvalue weighted by Crippen LogP contribution is 2.31. The lowest BCUT2D eigenvalue weighted by molar-refractivity contribution is -0.384. The van der Waals surface area contributed by atoms with Gasteiger partial charge in [-0.05, 0) is 43.5 Å². The fourth-order valence-corrected chi connectivity index (χ4v) is 2.68. The lowest BCUT2D eigenvalue weighted by Crippen LogP contribution is -2.15. The summed E-state index contributed by atoms with van der Waals surface area (Å²) >= 11 is 5.99. The number of hydrogen-bond donors (Lipinski definition) is 2. The zero-order valence-electron chi connectivity index (χ0n) is 13.9. The number of non-ortho nitro benzene ring substituents is 1. The van der Waals surface area contributed by atoms with Gasteiger partial charge < -0.3 is 10.6 Å². The first-order valence-corrected chi connectivity index (χ1v) is 8.40. The summed E-state index contributed by atoms with van der Waals surface area (Å²) in [6.45, 7) is 1.82. The Morgan fingerprint density at radius 3 is 2.50 bits per heavy atom. The number of benzene rings is 2. The maximum atomic E-state index is 12.5. The second kappa shape index (κ2) is 7.13. The van der Waals surface area contributed by atoms with Crippen LogP contribution in [-0.2, 0) is 4.79 Å². The molecule has 1 aliphatic carbocycles. The minimum absolute atomic E-state index is 0.00690. The van der Waals surface area contributed by atoms with Crippen molar-refractivity contribution in [1.29, 1.82) is 0 Å². The van der Waals surface area contributed by atoms with Crippen molar-refractivity contribution in [2.75, 3.05) is 10.6 Å². The van der Waals surface area contributed by atoms with Gasteiger partial charge in [-0.2, -0.15) is 0 Å². The lowest BCUT2D eigenvalue weighted by atomic mass is 10.1.